The van der Waals surface area contributed by atoms with Crippen molar-refractivity contribution in [2.45, 2.75) is 19.3 Å². The molecule has 2 aromatic carbocycles. The largest absolute Gasteiger partial charge is 0.481 e. The van der Waals surface area contributed by atoms with E-state index in [1.54, 1.807) is 24.3 Å². The van der Waals surface area contributed by atoms with E-state index in [0.717, 1.165) is 11.1 Å². The highest BCUT2D eigenvalue weighted by atomic mass is 16.6. The van der Waals surface area contributed by atoms with Gasteiger partial charge in [0.15, 0.2) is 0 Å². The second-order valence-corrected chi connectivity index (χ2v) is 5.11. The van der Waals surface area contributed by atoms with Crippen LogP contribution < -0.4 is 4.74 Å². The van der Waals surface area contributed by atoms with Crippen LogP contribution in [0.4, 0.5) is 5.69 Å². The molecule has 0 heterocycles. The number of ether oxygens (including phenoxy) is 1. The molecule has 0 bridgehead atoms. The minimum Gasteiger partial charge on any atom is -0.481 e. The van der Waals surface area contributed by atoms with Gasteiger partial charge in [-0.15, -0.1) is 0 Å². The lowest BCUT2D eigenvalue weighted by Crippen LogP contribution is -2.11. The van der Waals surface area contributed by atoms with Gasteiger partial charge in [-0.2, -0.15) is 0 Å². The number of carbonyl (C=O) groups is 2. The van der Waals surface area contributed by atoms with E-state index in [-0.39, 0.29) is 24.3 Å². The maximum absolute atomic E-state index is 11.9. The highest BCUT2D eigenvalue weighted by Crippen LogP contribution is 2.18. The summed E-state index contributed by atoms with van der Waals surface area (Å²) in [5, 5.41) is 19.2. The summed E-state index contributed by atoms with van der Waals surface area (Å²) in [6.07, 6.45) is 0.542. The summed E-state index contributed by atoms with van der Waals surface area (Å²) in [6.45, 7) is 0. The highest BCUT2D eigenvalue weighted by molar-refractivity contribution is 5.75. The van der Waals surface area contributed by atoms with Gasteiger partial charge in [-0.25, -0.2) is 0 Å². The third kappa shape index (κ3) is 5.20. The number of rotatable bonds is 7. The third-order valence-corrected chi connectivity index (χ3v) is 3.28. The zero-order valence-electron chi connectivity index (χ0n) is 12.7. The minimum absolute atomic E-state index is 0.0518. The van der Waals surface area contributed by atoms with E-state index in [1.807, 2.05) is 0 Å². The molecule has 0 saturated heterocycles. The fourth-order valence-electron chi connectivity index (χ4n) is 2.05. The van der Waals surface area contributed by atoms with Crippen LogP contribution in [0.25, 0.3) is 0 Å². The summed E-state index contributed by atoms with van der Waals surface area (Å²) >= 11 is 0. The molecule has 0 fully saturated rings. The molecule has 0 aromatic heterocycles. The van der Waals surface area contributed by atoms with Crippen LogP contribution in [0.5, 0.6) is 5.75 Å². The van der Waals surface area contributed by atoms with Crippen molar-refractivity contribution >= 4 is 17.6 Å². The molecule has 0 aliphatic rings. The number of aliphatic carboxylic acids is 1. The van der Waals surface area contributed by atoms with Gasteiger partial charge in [-0.1, -0.05) is 24.3 Å². The van der Waals surface area contributed by atoms with E-state index in [1.165, 1.54) is 24.3 Å². The molecule has 124 valence electrons. The van der Waals surface area contributed by atoms with Crippen LogP contribution >= 0.6 is 0 Å². The SMILES string of the molecule is O=C(O)CCc1ccc(CC(=O)Oc2ccc([N+](=O)[O-])cc2)cc1. The van der Waals surface area contributed by atoms with Gasteiger partial charge in [0.25, 0.3) is 5.69 Å². The number of nitrogens with zero attached hydrogens (tertiary/aromatic N) is 1. The molecule has 24 heavy (non-hydrogen) atoms. The minimum atomic E-state index is -0.856. The normalized spacial score (nSPS) is 10.2. The van der Waals surface area contributed by atoms with Gasteiger partial charge in [0.1, 0.15) is 5.75 Å². The molecule has 0 radical (unpaired) electrons. The van der Waals surface area contributed by atoms with Crippen LogP contribution in [0, 0.1) is 10.1 Å². The fourth-order valence-corrected chi connectivity index (χ4v) is 2.05. The van der Waals surface area contributed by atoms with Crippen LogP contribution in [0.3, 0.4) is 0 Å². The molecule has 2 aromatic rings. The van der Waals surface area contributed by atoms with E-state index in [4.69, 9.17) is 9.84 Å². The van der Waals surface area contributed by atoms with Crippen molar-refractivity contribution in [1.82, 2.24) is 0 Å². The van der Waals surface area contributed by atoms with Crippen LogP contribution in [0.2, 0.25) is 0 Å². The van der Waals surface area contributed by atoms with E-state index in [0.29, 0.717) is 6.42 Å². The van der Waals surface area contributed by atoms with Crippen molar-refractivity contribution in [3.8, 4) is 5.75 Å². The highest BCUT2D eigenvalue weighted by Gasteiger charge is 2.09. The Kier molecular flexibility index (Phi) is 5.62. The molecule has 7 heteroatoms. The van der Waals surface area contributed by atoms with E-state index in [2.05, 4.69) is 0 Å². The number of carbonyl (C=O) groups excluding carboxylic acids is 1. The first-order valence-corrected chi connectivity index (χ1v) is 7.19. The molecule has 0 spiro atoms. The molecule has 0 saturated carbocycles. The summed E-state index contributed by atoms with van der Waals surface area (Å²) in [5.41, 5.74) is 1.54. The monoisotopic (exact) mass is 329 g/mol. The number of non-ortho nitro benzene ring substituents is 1. The van der Waals surface area contributed by atoms with Gasteiger partial charge in [0.2, 0.25) is 0 Å². The third-order valence-electron chi connectivity index (χ3n) is 3.28. The summed E-state index contributed by atoms with van der Waals surface area (Å²) < 4.78 is 5.12. The van der Waals surface area contributed by atoms with Crippen molar-refractivity contribution in [1.29, 1.82) is 0 Å². The molecule has 0 unspecified atom stereocenters. The first-order valence-electron chi connectivity index (χ1n) is 7.19. The topological polar surface area (TPSA) is 107 Å². The molecule has 0 aliphatic heterocycles. The average molecular weight is 329 g/mol. The molecule has 0 aliphatic carbocycles. The van der Waals surface area contributed by atoms with Crippen molar-refractivity contribution in [3.63, 3.8) is 0 Å². The molecular formula is C17H15NO6. The Bertz CT molecular complexity index is 737. The zero-order valence-corrected chi connectivity index (χ0v) is 12.7. The van der Waals surface area contributed by atoms with Gasteiger partial charge in [-0.3, -0.25) is 19.7 Å². The number of esters is 1. The van der Waals surface area contributed by atoms with Crippen LogP contribution in [0.15, 0.2) is 48.5 Å². The Hall–Kier alpha value is -3.22. The van der Waals surface area contributed by atoms with E-state index < -0.39 is 16.9 Å². The number of aryl methyl sites for hydroxylation is 1. The summed E-state index contributed by atoms with van der Waals surface area (Å²) in [4.78, 5) is 32.4. The zero-order chi connectivity index (χ0) is 17.5. The number of benzene rings is 2. The Labute approximate surface area is 137 Å². The summed E-state index contributed by atoms with van der Waals surface area (Å²) in [5.74, 6) is -1.10. The lowest BCUT2D eigenvalue weighted by atomic mass is 10.1. The predicted octanol–water partition coefficient (Wildman–Crippen LogP) is 2.76. The van der Waals surface area contributed by atoms with Gasteiger partial charge in [0, 0.05) is 18.6 Å². The number of nitro benzene ring substituents is 1. The molecular weight excluding hydrogens is 314 g/mol. The Balaban J connectivity index is 1.89. The number of carboxylic acid groups (broad SMARTS) is 1. The van der Waals surface area contributed by atoms with Crippen molar-refractivity contribution < 1.29 is 24.4 Å². The quantitative estimate of drug-likeness (QED) is 0.362. The predicted molar refractivity (Wildman–Crippen MR) is 84.8 cm³/mol. The van der Waals surface area contributed by atoms with E-state index >= 15 is 0 Å². The van der Waals surface area contributed by atoms with E-state index in [9.17, 15) is 19.7 Å². The van der Waals surface area contributed by atoms with Crippen molar-refractivity contribution in [3.05, 3.63) is 69.8 Å². The molecule has 2 rings (SSSR count). The Morgan fingerprint density at radius 2 is 1.58 bits per heavy atom. The smallest absolute Gasteiger partial charge is 0.315 e. The standard InChI is InChI=1S/C17H15NO6/c19-16(20)10-5-12-1-3-13(4-2-12)11-17(21)24-15-8-6-14(7-9-15)18(22)23/h1-4,6-9H,5,10-11H2,(H,19,20). The van der Waals surface area contributed by atoms with Crippen LogP contribution in [-0.4, -0.2) is 22.0 Å². The average Bonchev–Trinajstić information content (AvgIpc) is 2.54. The van der Waals surface area contributed by atoms with Crippen LogP contribution in [0.1, 0.15) is 17.5 Å². The number of hydrogen-bond acceptors (Lipinski definition) is 5. The molecule has 1 N–H and O–H groups in total. The molecule has 0 amide bonds. The van der Waals surface area contributed by atoms with Gasteiger partial charge >= 0.3 is 11.9 Å². The lowest BCUT2D eigenvalue weighted by Gasteiger charge is -2.05. The molecule has 7 nitrogen and oxygen atoms in total. The summed E-state index contributed by atoms with van der Waals surface area (Å²) in [6, 6.07) is 12.3. The van der Waals surface area contributed by atoms with Gasteiger partial charge in [-0.05, 0) is 29.7 Å². The Morgan fingerprint density at radius 3 is 2.12 bits per heavy atom. The second kappa shape index (κ2) is 7.87. The maximum Gasteiger partial charge on any atom is 0.315 e. The lowest BCUT2D eigenvalue weighted by molar-refractivity contribution is -0.384. The number of hydrogen-bond donors (Lipinski definition) is 1. The first kappa shape index (κ1) is 17.1. The second-order valence-electron chi connectivity index (χ2n) is 5.11. The maximum atomic E-state index is 11.9. The summed E-state index contributed by atoms with van der Waals surface area (Å²) in [7, 11) is 0. The van der Waals surface area contributed by atoms with Gasteiger partial charge in [0.05, 0.1) is 11.3 Å². The molecule has 0 atom stereocenters. The number of nitro groups is 1. The van der Waals surface area contributed by atoms with Crippen molar-refractivity contribution in [2.24, 2.45) is 0 Å². The first-order chi connectivity index (χ1) is 11.4. The van der Waals surface area contributed by atoms with Crippen LogP contribution in [-0.2, 0) is 22.4 Å². The Morgan fingerprint density at radius 1 is 1.00 bits per heavy atom. The number of carboxylic acids is 1. The fraction of sp³-hybridized carbons (Fsp3) is 0.176. The van der Waals surface area contributed by atoms with Gasteiger partial charge < -0.3 is 9.84 Å². The van der Waals surface area contributed by atoms with Crippen molar-refractivity contribution in [2.75, 3.05) is 0 Å².